The minimum Gasteiger partial charge on any atom is -0.207 e. The molecular formula is C15H13Cl2NO2S2. The summed E-state index contributed by atoms with van der Waals surface area (Å²) in [6.45, 7) is 0.781. The highest BCUT2D eigenvalue weighted by Crippen LogP contribution is 2.36. The Labute approximate surface area is 143 Å². The Morgan fingerprint density at radius 3 is 2.41 bits per heavy atom. The molecule has 2 aromatic rings. The predicted molar refractivity (Wildman–Crippen MR) is 92.1 cm³/mol. The van der Waals surface area contributed by atoms with E-state index in [2.05, 4.69) is 0 Å². The van der Waals surface area contributed by atoms with Crippen molar-refractivity contribution in [3.63, 3.8) is 0 Å². The fourth-order valence-corrected chi connectivity index (χ4v) is 5.92. The van der Waals surface area contributed by atoms with E-state index in [1.807, 2.05) is 36.4 Å². The van der Waals surface area contributed by atoms with Gasteiger partial charge in [-0.25, -0.2) is 8.42 Å². The predicted octanol–water partition coefficient (Wildman–Crippen LogP) is 4.53. The van der Waals surface area contributed by atoms with Gasteiger partial charge < -0.3 is 0 Å². The molecule has 0 bridgehead atoms. The SMILES string of the molecule is O=S(=O)(c1cc(Cl)sc1Cl)N1CC=C(c2ccccc2)CC1. The summed E-state index contributed by atoms with van der Waals surface area (Å²) in [5, 5.41) is 0. The zero-order chi connectivity index (χ0) is 15.7. The summed E-state index contributed by atoms with van der Waals surface area (Å²) in [6, 6.07) is 11.4. The maximum absolute atomic E-state index is 12.6. The summed E-state index contributed by atoms with van der Waals surface area (Å²) in [6.07, 6.45) is 2.64. The van der Waals surface area contributed by atoms with Gasteiger partial charge in [0.25, 0.3) is 0 Å². The first-order chi connectivity index (χ1) is 10.5. The fraction of sp³-hybridized carbons (Fsp3) is 0.200. The second-order valence-electron chi connectivity index (χ2n) is 4.90. The molecule has 1 aromatic heterocycles. The highest BCUT2D eigenvalue weighted by atomic mass is 35.5. The van der Waals surface area contributed by atoms with Crippen molar-refractivity contribution < 1.29 is 8.42 Å². The molecule has 7 heteroatoms. The number of rotatable bonds is 3. The quantitative estimate of drug-likeness (QED) is 0.792. The van der Waals surface area contributed by atoms with Crippen LogP contribution >= 0.6 is 34.5 Å². The minimum absolute atomic E-state index is 0.0979. The Bertz CT molecular complexity index is 813. The summed E-state index contributed by atoms with van der Waals surface area (Å²) < 4.78 is 27.3. The fourth-order valence-electron chi connectivity index (χ4n) is 2.42. The van der Waals surface area contributed by atoms with Crippen LogP contribution in [-0.4, -0.2) is 25.8 Å². The highest BCUT2D eigenvalue weighted by molar-refractivity contribution is 7.89. The zero-order valence-corrected chi connectivity index (χ0v) is 14.6. The molecule has 0 aliphatic carbocycles. The van der Waals surface area contributed by atoms with Gasteiger partial charge in [0, 0.05) is 13.1 Å². The van der Waals surface area contributed by atoms with Gasteiger partial charge in [0.05, 0.1) is 4.34 Å². The van der Waals surface area contributed by atoms with Gasteiger partial charge in [-0.15, -0.1) is 11.3 Å². The minimum atomic E-state index is -3.59. The molecule has 0 saturated carbocycles. The first kappa shape index (κ1) is 16.0. The van der Waals surface area contributed by atoms with Crippen molar-refractivity contribution in [3.05, 3.63) is 56.7 Å². The molecule has 22 heavy (non-hydrogen) atoms. The molecular weight excluding hydrogens is 361 g/mol. The third-order valence-electron chi connectivity index (χ3n) is 3.56. The zero-order valence-electron chi connectivity index (χ0n) is 11.5. The lowest BCUT2D eigenvalue weighted by atomic mass is 10.0. The van der Waals surface area contributed by atoms with Gasteiger partial charge in [-0.2, -0.15) is 4.31 Å². The van der Waals surface area contributed by atoms with Crippen LogP contribution in [0.3, 0.4) is 0 Å². The van der Waals surface area contributed by atoms with Crippen molar-refractivity contribution in [2.75, 3.05) is 13.1 Å². The van der Waals surface area contributed by atoms with Crippen molar-refractivity contribution in [3.8, 4) is 0 Å². The lowest BCUT2D eigenvalue weighted by Crippen LogP contribution is -2.34. The van der Waals surface area contributed by atoms with Crippen molar-refractivity contribution in [2.24, 2.45) is 0 Å². The van der Waals surface area contributed by atoms with E-state index >= 15 is 0 Å². The molecule has 0 fully saturated rings. The van der Waals surface area contributed by atoms with Crippen LogP contribution in [0.15, 0.2) is 47.4 Å². The van der Waals surface area contributed by atoms with Crippen molar-refractivity contribution >= 4 is 50.1 Å². The molecule has 0 saturated heterocycles. The number of thiophene rings is 1. The summed E-state index contributed by atoms with van der Waals surface area (Å²) in [7, 11) is -3.59. The third-order valence-corrected chi connectivity index (χ3v) is 7.18. The van der Waals surface area contributed by atoms with Gasteiger partial charge in [-0.1, -0.05) is 59.6 Å². The van der Waals surface area contributed by atoms with Gasteiger partial charge in [0.1, 0.15) is 9.23 Å². The lowest BCUT2D eigenvalue weighted by Gasteiger charge is -2.25. The molecule has 0 atom stereocenters. The van der Waals surface area contributed by atoms with Crippen LogP contribution < -0.4 is 0 Å². The van der Waals surface area contributed by atoms with Crippen LogP contribution in [0, 0.1) is 0 Å². The van der Waals surface area contributed by atoms with Crippen LogP contribution in [0.25, 0.3) is 5.57 Å². The first-order valence-corrected chi connectivity index (χ1v) is 9.69. The molecule has 1 aliphatic rings. The molecule has 0 amide bonds. The summed E-state index contributed by atoms with van der Waals surface area (Å²) in [5.41, 5.74) is 2.30. The van der Waals surface area contributed by atoms with E-state index in [4.69, 9.17) is 23.2 Å². The van der Waals surface area contributed by atoms with E-state index in [0.717, 1.165) is 16.9 Å². The molecule has 0 radical (unpaired) electrons. The normalized spacial score (nSPS) is 16.5. The molecule has 3 nitrogen and oxygen atoms in total. The average Bonchev–Trinajstić information content (AvgIpc) is 2.88. The van der Waals surface area contributed by atoms with Crippen molar-refractivity contribution in [1.82, 2.24) is 4.31 Å². The first-order valence-electron chi connectivity index (χ1n) is 6.68. The van der Waals surface area contributed by atoms with Crippen LogP contribution in [0.2, 0.25) is 8.67 Å². The second kappa shape index (κ2) is 6.34. The number of halogens is 2. The number of benzene rings is 1. The van der Waals surface area contributed by atoms with Gasteiger partial charge >= 0.3 is 0 Å². The monoisotopic (exact) mass is 373 g/mol. The molecule has 2 heterocycles. The van der Waals surface area contributed by atoms with Gasteiger partial charge in [0.2, 0.25) is 10.0 Å². The molecule has 1 aliphatic heterocycles. The standard InChI is InChI=1S/C15H13Cl2NO2S2/c16-14-10-13(15(17)21-14)22(19,20)18-8-6-12(7-9-18)11-4-2-1-3-5-11/h1-6,10H,7-9H2. The third kappa shape index (κ3) is 3.09. The highest BCUT2D eigenvalue weighted by Gasteiger charge is 2.29. The molecule has 0 unspecified atom stereocenters. The number of hydrogen-bond donors (Lipinski definition) is 0. The van der Waals surface area contributed by atoms with E-state index in [9.17, 15) is 8.42 Å². The second-order valence-corrected chi connectivity index (χ2v) is 9.09. The molecule has 3 rings (SSSR count). The van der Waals surface area contributed by atoms with E-state index < -0.39 is 10.0 Å². The van der Waals surface area contributed by atoms with E-state index in [0.29, 0.717) is 23.8 Å². The Morgan fingerprint density at radius 2 is 1.86 bits per heavy atom. The van der Waals surface area contributed by atoms with E-state index in [1.54, 1.807) is 0 Å². The Morgan fingerprint density at radius 1 is 1.14 bits per heavy atom. The smallest absolute Gasteiger partial charge is 0.207 e. The Kier molecular flexibility index (Phi) is 4.61. The molecule has 116 valence electrons. The van der Waals surface area contributed by atoms with Crippen LogP contribution in [0.4, 0.5) is 0 Å². The Balaban J connectivity index is 1.84. The largest absolute Gasteiger partial charge is 0.245 e. The van der Waals surface area contributed by atoms with Crippen molar-refractivity contribution in [2.45, 2.75) is 11.3 Å². The molecule has 1 aromatic carbocycles. The van der Waals surface area contributed by atoms with Crippen LogP contribution in [0.1, 0.15) is 12.0 Å². The average molecular weight is 374 g/mol. The lowest BCUT2D eigenvalue weighted by molar-refractivity contribution is 0.441. The summed E-state index contributed by atoms with van der Waals surface area (Å²) >= 11 is 12.9. The van der Waals surface area contributed by atoms with Crippen LogP contribution in [-0.2, 0) is 10.0 Å². The maximum Gasteiger partial charge on any atom is 0.245 e. The van der Waals surface area contributed by atoms with Crippen molar-refractivity contribution in [1.29, 1.82) is 0 Å². The summed E-state index contributed by atoms with van der Waals surface area (Å²) in [4.78, 5) is 0.0979. The van der Waals surface area contributed by atoms with E-state index in [-0.39, 0.29) is 9.23 Å². The van der Waals surface area contributed by atoms with E-state index in [1.165, 1.54) is 15.9 Å². The molecule has 0 spiro atoms. The number of hydrogen-bond acceptors (Lipinski definition) is 3. The maximum atomic E-state index is 12.6. The Hall–Kier alpha value is -0.850. The molecule has 0 N–H and O–H groups in total. The van der Waals surface area contributed by atoms with Crippen LogP contribution in [0.5, 0.6) is 0 Å². The topological polar surface area (TPSA) is 37.4 Å². The van der Waals surface area contributed by atoms with Gasteiger partial charge in [0.15, 0.2) is 0 Å². The summed E-state index contributed by atoms with van der Waals surface area (Å²) in [5.74, 6) is 0. The number of sulfonamides is 1. The van der Waals surface area contributed by atoms with Gasteiger partial charge in [-0.3, -0.25) is 0 Å². The number of nitrogens with zero attached hydrogens (tertiary/aromatic N) is 1. The van der Waals surface area contributed by atoms with Gasteiger partial charge in [-0.05, 0) is 23.6 Å².